The average molecular weight is 180 g/mol. The van der Waals surface area contributed by atoms with Crippen molar-refractivity contribution in [2.75, 3.05) is 19.6 Å². The van der Waals surface area contributed by atoms with Crippen LogP contribution in [0.25, 0.3) is 0 Å². The molecule has 4 nitrogen and oxygen atoms in total. The molecular weight excluding hydrogens is 164 g/mol. The first kappa shape index (κ1) is 8.72. The van der Waals surface area contributed by atoms with Crippen LogP contribution >= 0.6 is 0 Å². The summed E-state index contributed by atoms with van der Waals surface area (Å²) in [5.74, 6) is 0. The molecule has 0 saturated carbocycles. The molecule has 4 heteroatoms. The number of hydrogen-bond donors (Lipinski definition) is 2. The molecule has 1 saturated heterocycles. The largest absolute Gasteiger partial charge is 0.330 e. The van der Waals surface area contributed by atoms with Gasteiger partial charge in [-0.3, -0.25) is 4.68 Å². The second kappa shape index (κ2) is 3.89. The molecule has 1 aliphatic rings. The van der Waals surface area contributed by atoms with Gasteiger partial charge < -0.3 is 11.1 Å². The average Bonchev–Trinajstić information content (AvgIpc) is 2.71. The highest BCUT2D eigenvalue weighted by Gasteiger charge is 2.18. The van der Waals surface area contributed by atoms with Gasteiger partial charge in [0.2, 0.25) is 0 Å². The summed E-state index contributed by atoms with van der Waals surface area (Å²) in [6.45, 7) is 2.84. The van der Waals surface area contributed by atoms with Crippen molar-refractivity contribution in [3.05, 3.63) is 18.0 Å². The third kappa shape index (κ3) is 1.73. The highest BCUT2D eigenvalue weighted by molar-refractivity contribution is 5.03. The Hall–Kier alpha value is -0.870. The maximum absolute atomic E-state index is 5.53. The maximum atomic E-state index is 5.53. The predicted octanol–water partition coefficient (Wildman–Crippen LogP) is -0.0813. The van der Waals surface area contributed by atoms with Crippen LogP contribution in [0.5, 0.6) is 0 Å². The van der Waals surface area contributed by atoms with E-state index in [0.29, 0.717) is 12.6 Å². The fraction of sp³-hybridized carbons (Fsp3) is 0.667. The Labute approximate surface area is 78.1 Å². The van der Waals surface area contributed by atoms with Crippen molar-refractivity contribution in [3.8, 4) is 0 Å². The van der Waals surface area contributed by atoms with E-state index in [9.17, 15) is 0 Å². The van der Waals surface area contributed by atoms with E-state index in [1.165, 1.54) is 12.1 Å². The summed E-state index contributed by atoms with van der Waals surface area (Å²) in [4.78, 5) is 0. The van der Waals surface area contributed by atoms with Crippen LogP contribution in [-0.4, -0.2) is 29.4 Å². The van der Waals surface area contributed by atoms with E-state index in [1.54, 1.807) is 0 Å². The Kier molecular flexibility index (Phi) is 2.61. The molecular formula is C9H16N4. The van der Waals surface area contributed by atoms with Gasteiger partial charge in [-0.2, -0.15) is 5.10 Å². The zero-order chi connectivity index (χ0) is 9.10. The summed E-state index contributed by atoms with van der Waals surface area (Å²) in [6, 6.07) is 2.60. The zero-order valence-corrected chi connectivity index (χ0v) is 7.74. The van der Waals surface area contributed by atoms with Crippen molar-refractivity contribution in [2.45, 2.75) is 18.9 Å². The standard InChI is InChI=1S/C9H16N4/c10-4-1-8-3-6-12-13(8)9-2-5-11-7-9/h3,6,9,11H,1-2,4-5,7,10H2. The molecule has 0 aliphatic carbocycles. The molecule has 0 aromatic carbocycles. The molecule has 0 radical (unpaired) electrons. The van der Waals surface area contributed by atoms with E-state index in [0.717, 1.165) is 19.5 Å². The first-order valence-electron chi connectivity index (χ1n) is 4.85. The Morgan fingerprint density at radius 3 is 3.31 bits per heavy atom. The summed E-state index contributed by atoms with van der Waals surface area (Å²) in [5, 5.41) is 7.68. The third-order valence-electron chi connectivity index (χ3n) is 2.53. The third-order valence-corrected chi connectivity index (χ3v) is 2.53. The van der Waals surface area contributed by atoms with Gasteiger partial charge in [-0.15, -0.1) is 0 Å². The molecule has 2 heterocycles. The number of nitrogens with zero attached hydrogens (tertiary/aromatic N) is 2. The number of aromatic nitrogens is 2. The highest BCUT2D eigenvalue weighted by Crippen LogP contribution is 2.16. The Morgan fingerprint density at radius 2 is 2.62 bits per heavy atom. The van der Waals surface area contributed by atoms with Crippen LogP contribution in [0, 0.1) is 0 Å². The van der Waals surface area contributed by atoms with Gasteiger partial charge in [-0.05, 0) is 25.6 Å². The van der Waals surface area contributed by atoms with Crippen LogP contribution in [0.3, 0.4) is 0 Å². The molecule has 72 valence electrons. The van der Waals surface area contributed by atoms with Crippen molar-refractivity contribution in [1.29, 1.82) is 0 Å². The second-order valence-electron chi connectivity index (χ2n) is 3.45. The monoisotopic (exact) mass is 180 g/mol. The van der Waals surface area contributed by atoms with Gasteiger partial charge in [-0.1, -0.05) is 0 Å². The SMILES string of the molecule is NCCc1ccnn1C1CCNC1. The van der Waals surface area contributed by atoms with Gasteiger partial charge in [0, 0.05) is 24.9 Å². The molecule has 2 rings (SSSR count). The first-order chi connectivity index (χ1) is 6.42. The Bertz CT molecular complexity index is 262. The lowest BCUT2D eigenvalue weighted by Crippen LogP contribution is -2.18. The molecule has 1 aromatic rings. The minimum absolute atomic E-state index is 0.538. The van der Waals surface area contributed by atoms with Crippen molar-refractivity contribution in [2.24, 2.45) is 5.73 Å². The maximum Gasteiger partial charge on any atom is 0.0658 e. The van der Waals surface area contributed by atoms with Gasteiger partial charge in [0.1, 0.15) is 0 Å². The van der Waals surface area contributed by atoms with E-state index in [2.05, 4.69) is 21.2 Å². The fourth-order valence-electron chi connectivity index (χ4n) is 1.86. The minimum Gasteiger partial charge on any atom is -0.330 e. The van der Waals surface area contributed by atoms with E-state index in [1.807, 2.05) is 6.20 Å². The number of nitrogens with one attached hydrogen (secondary N) is 1. The summed E-state index contributed by atoms with van der Waals surface area (Å²) in [6.07, 6.45) is 3.97. The van der Waals surface area contributed by atoms with Crippen LogP contribution in [-0.2, 0) is 6.42 Å². The Morgan fingerprint density at radius 1 is 1.69 bits per heavy atom. The molecule has 1 unspecified atom stereocenters. The molecule has 13 heavy (non-hydrogen) atoms. The first-order valence-corrected chi connectivity index (χ1v) is 4.85. The zero-order valence-electron chi connectivity index (χ0n) is 7.74. The Balaban J connectivity index is 2.13. The smallest absolute Gasteiger partial charge is 0.0658 e. The van der Waals surface area contributed by atoms with Crippen LogP contribution in [0.4, 0.5) is 0 Å². The molecule has 0 spiro atoms. The van der Waals surface area contributed by atoms with Crippen molar-refractivity contribution >= 4 is 0 Å². The fourth-order valence-corrected chi connectivity index (χ4v) is 1.86. The van der Waals surface area contributed by atoms with Gasteiger partial charge in [-0.25, -0.2) is 0 Å². The topological polar surface area (TPSA) is 55.9 Å². The quantitative estimate of drug-likeness (QED) is 0.684. The summed E-state index contributed by atoms with van der Waals surface area (Å²) < 4.78 is 2.12. The summed E-state index contributed by atoms with van der Waals surface area (Å²) >= 11 is 0. The van der Waals surface area contributed by atoms with Crippen LogP contribution < -0.4 is 11.1 Å². The number of nitrogens with two attached hydrogens (primary N) is 1. The molecule has 1 atom stereocenters. The molecule has 3 N–H and O–H groups in total. The van der Waals surface area contributed by atoms with Gasteiger partial charge in [0.05, 0.1) is 6.04 Å². The van der Waals surface area contributed by atoms with Crippen LogP contribution in [0.1, 0.15) is 18.2 Å². The van der Waals surface area contributed by atoms with E-state index in [-0.39, 0.29) is 0 Å². The number of hydrogen-bond acceptors (Lipinski definition) is 3. The molecule has 1 fully saturated rings. The molecule has 1 aromatic heterocycles. The van der Waals surface area contributed by atoms with Crippen molar-refractivity contribution < 1.29 is 0 Å². The molecule has 0 bridgehead atoms. The molecule has 1 aliphatic heterocycles. The lowest BCUT2D eigenvalue weighted by atomic mass is 10.2. The highest BCUT2D eigenvalue weighted by atomic mass is 15.3. The van der Waals surface area contributed by atoms with Crippen molar-refractivity contribution in [3.63, 3.8) is 0 Å². The van der Waals surface area contributed by atoms with Gasteiger partial charge >= 0.3 is 0 Å². The lowest BCUT2D eigenvalue weighted by molar-refractivity contribution is 0.472. The van der Waals surface area contributed by atoms with E-state index >= 15 is 0 Å². The second-order valence-corrected chi connectivity index (χ2v) is 3.45. The minimum atomic E-state index is 0.538. The van der Waals surface area contributed by atoms with Crippen LogP contribution in [0.15, 0.2) is 12.3 Å². The van der Waals surface area contributed by atoms with E-state index < -0.39 is 0 Å². The van der Waals surface area contributed by atoms with E-state index in [4.69, 9.17) is 5.73 Å². The lowest BCUT2D eigenvalue weighted by Gasteiger charge is -2.12. The predicted molar refractivity (Wildman–Crippen MR) is 51.5 cm³/mol. The number of rotatable bonds is 3. The summed E-state index contributed by atoms with van der Waals surface area (Å²) in [7, 11) is 0. The van der Waals surface area contributed by atoms with Gasteiger partial charge in [0.15, 0.2) is 0 Å². The molecule has 0 amide bonds. The normalized spacial score (nSPS) is 22.4. The van der Waals surface area contributed by atoms with Crippen LogP contribution in [0.2, 0.25) is 0 Å². The van der Waals surface area contributed by atoms with Crippen molar-refractivity contribution in [1.82, 2.24) is 15.1 Å². The summed E-state index contributed by atoms with van der Waals surface area (Å²) in [5.41, 5.74) is 6.79. The van der Waals surface area contributed by atoms with Gasteiger partial charge in [0.25, 0.3) is 0 Å².